The predicted molar refractivity (Wildman–Crippen MR) is 83.9 cm³/mol. The van der Waals surface area contributed by atoms with E-state index in [1.54, 1.807) is 12.1 Å². The average Bonchev–Trinajstić information content (AvgIpc) is 2.43. The number of benzene rings is 2. The smallest absolute Gasteiger partial charge is 0.125 e. The van der Waals surface area contributed by atoms with Crippen LogP contribution in [0.5, 0.6) is 0 Å². The molecule has 0 aliphatic heterocycles. The van der Waals surface area contributed by atoms with Crippen molar-refractivity contribution < 1.29 is 4.39 Å². The van der Waals surface area contributed by atoms with Gasteiger partial charge >= 0.3 is 0 Å². The Labute approximate surface area is 124 Å². The van der Waals surface area contributed by atoms with Gasteiger partial charge in [0.25, 0.3) is 0 Å². The lowest BCUT2D eigenvalue weighted by Gasteiger charge is -2.21. The summed E-state index contributed by atoms with van der Waals surface area (Å²) in [7, 11) is 0. The predicted octanol–water partition coefficient (Wildman–Crippen LogP) is 5.74. The van der Waals surface area contributed by atoms with Gasteiger partial charge in [-0.3, -0.25) is 0 Å². The highest BCUT2D eigenvalue weighted by Gasteiger charge is 2.12. The van der Waals surface area contributed by atoms with E-state index in [0.717, 1.165) is 29.1 Å². The SMILES string of the molecule is CCCC(Nc1cc(F)ccc1C)c1ccc(Cl)cc1. The molecule has 0 spiro atoms. The van der Waals surface area contributed by atoms with Crippen LogP contribution >= 0.6 is 11.6 Å². The summed E-state index contributed by atoms with van der Waals surface area (Å²) in [5, 5.41) is 4.17. The van der Waals surface area contributed by atoms with Crippen molar-refractivity contribution in [2.45, 2.75) is 32.7 Å². The van der Waals surface area contributed by atoms with Crippen LogP contribution in [-0.2, 0) is 0 Å². The second-order valence-corrected chi connectivity index (χ2v) is 5.43. The fourth-order valence-electron chi connectivity index (χ4n) is 2.24. The first kappa shape index (κ1) is 14.9. The van der Waals surface area contributed by atoms with Crippen LogP contribution in [0.25, 0.3) is 0 Å². The first-order valence-corrected chi connectivity index (χ1v) is 7.26. The summed E-state index contributed by atoms with van der Waals surface area (Å²) < 4.78 is 13.4. The third-order valence-electron chi connectivity index (χ3n) is 3.38. The van der Waals surface area contributed by atoms with Gasteiger partial charge < -0.3 is 5.32 Å². The van der Waals surface area contributed by atoms with Crippen LogP contribution in [0.1, 0.15) is 36.9 Å². The summed E-state index contributed by atoms with van der Waals surface area (Å²) in [6, 6.07) is 12.8. The molecule has 0 aliphatic carbocycles. The molecule has 0 heterocycles. The van der Waals surface area contributed by atoms with Crippen LogP contribution < -0.4 is 5.32 Å². The van der Waals surface area contributed by atoms with Gasteiger partial charge in [-0.2, -0.15) is 0 Å². The molecule has 2 rings (SSSR count). The molecule has 3 heteroatoms. The summed E-state index contributed by atoms with van der Waals surface area (Å²) in [4.78, 5) is 0. The van der Waals surface area contributed by atoms with Crippen molar-refractivity contribution >= 4 is 17.3 Å². The fraction of sp³-hybridized carbons (Fsp3) is 0.294. The molecule has 0 aliphatic rings. The lowest BCUT2D eigenvalue weighted by atomic mass is 10.0. The van der Waals surface area contributed by atoms with Gasteiger partial charge in [0, 0.05) is 10.7 Å². The highest BCUT2D eigenvalue weighted by molar-refractivity contribution is 6.30. The minimum absolute atomic E-state index is 0.165. The molecular weight excluding hydrogens is 273 g/mol. The molecule has 2 aromatic carbocycles. The second-order valence-electron chi connectivity index (χ2n) is 5.00. The van der Waals surface area contributed by atoms with Crippen molar-refractivity contribution in [3.63, 3.8) is 0 Å². The van der Waals surface area contributed by atoms with Gasteiger partial charge in [-0.05, 0) is 48.7 Å². The van der Waals surface area contributed by atoms with E-state index in [0.29, 0.717) is 0 Å². The average molecular weight is 292 g/mol. The first-order chi connectivity index (χ1) is 9.60. The maximum atomic E-state index is 13.4. The monoisotopic (exact) mass is 291 g/mol. The largest absolute Gasteiger partial charge is 0.378 e. The molecule has 106 valence electrons. The minimum Gasteiger partial charge on any atom is -0.378 e. The van der Waals surface area contributed by atoms with E-state index in [2.05, 4.69) is 12.2 Å². The Balaban J connectivity index is 2.25. The Morgan fingerprint density at radius 2 is 1.85 bits per heavy atom. The second kappa shape index (κ2) is 6.76. The Morgan fingerprint density at radius 1 is 1.15 bits per heavy atom. The van der Waals surface area contributed by atoms with Crippen LogP contribution in [0.4, 0.5) is 10.1 Å². The zero-order valence-corrected chi connectivity index (χ0v) is 12.5. The first-order valence-electron chi connectivity index (χ1n) is 6.88. The van der Waals surface area contributed by atoms with E-state index in [9.17, 15) is 4.39 Å². The minimum atomic E-state index is -0.218. The van der Waals surface area contributed by atoms with E-state index < -0.39 is 0 Å². The highest BCUT2D eigenvalue weighted by Crippen LogP contribution is 2.27. The number of hydrogen-bond donors (Lipinski definition) is 1. The third-order valence-corrected chi connectivity index (χ3v) is 3.63. The Kier molecular flexibility index (Phi) is 5.02. The van der Waals surface area contributed by atoms with E-state index in [1.807, 2.05) is 31.2 Å². The van der Waals surface area contributed by atoms with Crippen molar-refractivity contribution in [3.8, 4) is 0 Å². The highest BCUT2D eigenvalue weighted by atomic mass is 35.5. The van der Waals surface area contributed by atoms with Crippen molar-refractivity contribution in [2.75, 3.05) is 5.32 Å². The molecular formula is C17H19ClFN. The van der Waals surface area contributed by atoms with Crippen LogP contribution in [0, 0.1) is 12.7 Å². The zero-order valence-electron chi connectivity index (χ0n) is 11.8. The third kappa shape index (κ3) is 3.73. The maximum Gasteiger partial charge on any atom is 0.125 e. The molecule has 0 fully saturated rings. The van der Waals surface area contributed by atoms with Crippen LogP contribution in [0.15, 0.2) is 42.5 Å². The number of anilines is 1. The van der Waals surface area contributed by atoms with Crippen LogP contribution in [0.2, 0.25) is 5.02 Å². The lowest BCUT2D eigenvalue weighted by molar-refractivity contribution is 0.625. The molecule has 2 aromatic rings. The number of rotatable bonds is 5. The summed E-state index contributed by atoms with van der Waals surface area (Å²) in [6.45, 7) is 4.12. The molecule has 0 amide bonds. The molecule has 1 unspecified atom stereocenters. The lowest BCUT2D eigenvalue weighted by Crippen LogP contribution is -2.11. The molecule has 0 radical (unpaired) electrons. The van der Waals surface area contributed by atoms with Gasteiger partial charge in [0.05, 0.1) is 6.04 Å². The van der Waals surface area contributed by atoms with Gasteiger partial charge in [-0.25, -0.2) is 4.39 Å². The Morgan fingerprint density at radius 3 is 2.50 bits per heavy atom. The Hall–Kier alpha value is -1.54. The number of nitrogens with one attached hydrogen (secondary N) is 1. The summed E-state index contributed by atoms with van der Waals surface area (Å²) >= 11 is 5.93. The van der Waals surface area contributed by atoms with Crippen molar-refractivity contribution in [3.05, 3.63) is 64.4 Å². The maximum absolute atomic E-state index is 13.4. The molecule has 0 saturated carbocycles. The van der Waals surface area contributed by atoms with Crippen molar-refractivity contribution in [2.24, 2.45) is 0 Å². The number of aryl methyl sites for hydroxylation is 1. The van der Waals surface area contributed by atoms with Crippen LogP contribution in [0.3, 0.4) is 0 Å². The molecule has 0 saturated heterocycles. The summed E-state index contributed by atoms with van der Waals surface area (Å²) in [5.41, 5.74) is 3.06. The molecule has 1 N–H and O–H groups in total. The van der Waals surface area contributed by atoms with Gasteiger partial charge in [-0.15, -0.1) is 0 Å². The molecule has 1 nitrogen and oxygen atoms in total. The van der Waals surface area contributed by atoms with Crippen molar-refractivity contribution in [1.29, 1.82) is 0 Å². The topological polar surface area (TPSA) is 12.0 Å². The molecule has 0 bridgehead atoms. The molecule has 1 atom stereocenters. The van der Waals surface area contributed by atoms with E-state index in [-0.39, 0.29) is 11.9 Å². The Bertz CT molecular complexity index is 566. The summed E-state index contributed by atoms with van der Waals surface area (Å²) in [6.07, 6.45) is 2.03. The molecule has 20 heavy (non-hydrogen) atoms. The van der Waals surface area contributed by atoms with Crippen molar-refractivity contribution in [1.82, 2.24) is 0 Å². The van der Waals surface area contributed by atoms with Gasteiger partial charge in [-0.1, -0.05) is 43.1 Å². The van der Waals surface area contributed by atoms with Gasteiger partial charge in [0.2, 0.25) is 0 Å². The fourth-order valence-corrected chi connectivity index (χ4v) is 2.37. The zero-order chi connectivity index (χ0) is 14.5. The van der Waals surface area contributed by atoms with E-state index in [4.69, 9.17) is 11.6 Å². The van der Waals surface area contributed by atoms with Gasteiger partial charge in [0.1, 0.15) is 5.82 Å². The standard InChI is InChI=1S/C17H19ClFN/c1-3-4-16(13-6-8-14(18)9-7-13)20-17-11-15(19)10-5-12(17)2/h5-11,16,20H,3-4H2,1-2H3. The normalized spacial score (nSPS) is 12.2. The number of hydrogen-bond acceptors (Lipinski definition) is 1. The quantitative estimate of drug-likeness (QED) is 0.740. The number of halogens is 2. The van der Waals surface area contributed by atoms with E-state index >= 15 is 0 Å². The van der Waals surface area contributed by atoms with Crippen LogP contribution in [-0.4, -0.2) is 0 Å². The molecule has 0 aromatic heterocycles. The van der Waals surface area contributed by atoms with Gasteiger partial charge in [0.15, 0.2) is 0 Å². The van der Waals surface area contributed by atoms with E-state index in [1.165, 1.54) is 11.6 Å². The summed E-state index contributed by atoms with van der Waals surface area (Å²) in [5.74, 6) is -0.218.